The molecule has 1 aromatic rings. The first-order valence-corrected chi connectivity index (χ1v) is 5.44. The lowest BCUT2D eigenvalue weighted by Gasteiger charge is -2.06. The Morgan fingerprint density at radius 1 is 1.20 bits per heavy atom. The average molecular weight is 200 g/mol. The van der Waals surface area contributed by atoms with Crippen LogP contribution in [0.3, 0.4) is 0 Å². The summed E-state index contributed by atoms with van der Waals surface area (Å²) < 4.78 is 0. The summed E-state index contributed by atoms with van der Waals surface area (Å²) in [6.07, 6.45) is 12.2. The van der Waals surface area contributed by atoms with E-state index in [1.807, 2.05) is 12.3 Å². The van der Waals surface area contributed by atoms with Gasteiger partial charge in [-0.25, -0.2) is 4.98 Å². The summed E-state index contributed by atoms with van der Waals surface area (Å²) in [5.41, 5.74) is 3.07. The van der Waals surface area contributed by atoms with E-state index in [1.54, 1.807) is 0 Å². The first-order valence-electron chi connectivity index (χ1n) is 5.44. The molecule has 0 bridgehead atoms. The van der Waals surface area contributed by atoms with E-state index in [0.717, 1.165) is 29.9 Å². The van der Waals surface area contributed by atoms with Gasteiger partial charge in [-0.1, -0.05) is 26.0 Å². The maximum Gasteiger partial charge on any atom is 0.0886 e. The topological polar surface area (TPSA) is 25.8 Å². The van der Waals surface area contributed by atoms with Gasteiger partial charge in [0, 0.05) is 6.20 Å². The SMILES string of the molecule is CC(C)Cc1cnc2c(n1)C=CCC=C2. The molecule has 15 heavy (non-hydrogen) atoms. The average Bonchev–Trinajstić information content (AvgIpc) is 2.41. The second-order valence-electron chi connectivity index (χ2n) is 4.27. The van der Waals surface area contributed by atoms with Crippen molar-refractivity contribution in [2.24, 2.45) is 5.92 Å². The van der Waals surface area contributed by atoms with Gasteiger partial charge in [0.25, 0.3) is 0 Å². The number of hydrogen-bond acceptors (Lipinski definition) is 2. The van der Waals surface area contributed by atoms with E-state index in [4.69, 9.17) is 0 Å². The molecule has 0 unspecified atom stereocenters. The molecule has 0 amide bonds. The fraction of sp³-hybridized carbons (Fsp3) is 0.385. The molecular formula is C13H16N2. The minimum atomic E-state index is 0.627. The van der Waals surface area contributed by atoms with Crippen LogP contribution in [0.4, 0.5) is 0 Å². The van der Waals surface area contributed by atoms with Crippen molar-refractivity contribution in [3.05, 3.63) is 35.4 Å². The molecule has 1 aromatic heterocycles. The molecule has 2 heteroatoms. The van der Waals surface area contributed by atoms with Gasteiger partial charge in [-0.15, -0.1) is 0 Å². The van der Waals surface area contributed by atoms with E-state index in [1.165, 1.54) is 0 Å². The van der Waals surface area contributed by atoms with Gasteiger partial charge in [0.15, 0.2) is 0 Å². The molecule has 0 spiro atoms. The molecule has 1 aliphatic rings. The van der Waals surface area contributed by atoms with Crippen molar-refractivity contribution in [1.82, 2.24) is 9.97 Å². The molecular weight excluding hydrogens is 184 g/mol. The van der Waals surface area contributed by atoms with E-state index in [0.29, 0.717) is 5.92 Å². The highest BCUT2D eigenvalue weighted by Gasteiger charge is 2.05. The number of nitrogens with zero attached hydrogens (tertiary/aromatic N) is 2. The Kier molecular flexibility index (Phi) is 2.95. The molecule has 2 rings (SSSR count). The van der Waals surface area contributed by atoms with Crippen LogP contribution in [0.1, 0.15) is 37.4 Å². The molecule has 0 aromatic carbocycles. The molecule has 0 aliphatic heterocycles. The van der Waals surface area contributed by atoms with Crippen molar-refractivity contribution < 1.29 is 0 Å². The van der Waals surface area contributed by atoms with Crippen molar-refractivity contribution in [3.8, 4) is 0 Å². The van der Waals surface area contributed by atoms with Crippen LogP contribution in [0.25, 0.3) is 12.2 Å². The van der Waals surface area contributed by atoms with E-state index in [9.17, 15) is 0 Å². The number of allylic oxidation sites excluding steroid dienone is 2. The molecule has 0 radical (unpaired) electrons. The smallest absolute Gasteiger partial charge is 0.0886 e. The highest BCUT2D eigenvalue weighted by Crippen LogP contribution is 2.14. The van der Waals surface area contributed by atoms with Gasteiger partial charge in [-0.2, -0.15) is 0 Å². The second kappa shape index (κ2) is 4.39. The number of fused-ring (bicyclic) bond motifs is 1. The Hall–Kier alpha value is -1.44. The lowest BCUT2D eigenvalue weighted by molar-refractivity contribution is 0.632. The van der Waals surface area contributed by atoms with E-state index >= 15 is 0 Å². The van der Waals surface area contributed by atoms with Crippen molar-refractivity contribution in [1.29, 1.82) is 0 Å². The molecule has 0 fully saturated rings. The summed E-state index contributed by atoms with van der Waals surface area (Å²) >= 11 is 0. The minimum absolute atomic E-state index is 0.627. The molecule has 78 valence electrons. The highest BCUT2D eigenvalue weighted by molar-refractivity contribution is 5.61. The maximum absolute atomic E-state index is 4.61. The maximum atomic E-state index is 4.61. The molecule has 2 nitrogen and oxygen atoms in total. The van der Waals surface area contributed by atoms with Crippen molar-refractivity contribution >= 4 is 12.2 Å². The van der Waals surface area contributed by atoms with Gasteiger partial charge < -0.3 is 0 Å². The van der Waals surface area contributed by atoms with Crippen LogP contribution in [0.15, 0.2) is 18.3 Å². The van der Waals surface area contributed by atoms with Gasteiger partial charge >= 0.3 is 0 Å². The first-order chi connectivity index (χ1) is 7.25. The summed E-state index contributed by atoms with van der Waals surface area (Å²) in [4.78, 5) is 9.04. The zero-order valence-electron chi connectivity index (χ0n) is 9.27. The third-order valence-corrected chi connectivity index (χ3v) is 2.32. The molecule has 1 heterocycles. The lowest BCUT2D eigenvalue weighted by Crippen LogP contribution is -2.01. The zero-order chi connectivity index (χ0) is 10.7. The molecule has 0 N–H and O–H groups in total. The summed E-state index contributed by atoms with van der Waals surface area (Å²) in [5.74, 6) is 0.627. The van der Waals surface area contributed by atoms with Gasteiger partial charge in [0.05, 0.1) is 17.1 Å². The van der Waals surface area contributed by atoms with Crippen molar-refractivity contribution in [3.63, 3.8) is 0 Å². The summed E-state index contributed by atoms with van der Waals surface area (Å²) in [6, 6.07) is 0. The number of aromatic nitrogens is 2. The van der Waals surface area contributed by atoms with Crippen LogP contribution in [-0.4, -0.2) is 9.97 Å². The monoisotopic (exact) mass is 200 g/mol. The van der Waals surface area contributed by atoms with Crippen LogP contribution in [0, 0.1) is 5.92 Å². The molecule has 0 saturated heterocycles. The fourth-order valence-corrected chi connectivity index (χ4v) is 1.66. The quantitative estimate of drug-likeness (QED) is 0.733. The number of hydrogen-bond donors (Lipinski definition) is 0. The summed E-state index contributed by atoms with van der Waals surface area (Å²) in [7, 11) is 0. The molecule has 0 atom stereocenters. The normalized spacial score (nSPS) is 14.1. The highest BCUT2D eigenvalue weighted by atomic mass is 14.8. The lowest BCUT2D eigenvalue weighted by atomic mass is 10.1. The third kappa shape index (κ3) is 2.52. The van der Waals surface area contributed by atoms with Crippen molar-refractivity contribution in [2.45, 2.75) is 26.7 Å². The standard InChI is InChI=1S/C13H16N2/c1-10(2)8-11-9-14-12-6-4-3-5-7-13(12)15-11/h4-7,9-10H,3,8H2,1-2H3. The molecule has 0 saturated carbocycles. The van der Waals surface area contributed by atoms with Crippen molar-refractivity contribution in [2.75, 3.05) is 0 Å². The summed E-state index contributed by atoms with van der Waals surface area (Å²) in [6.45, 7) is 4.40. The Bertz CT molecular complexity index is 403. The van der Waals surface area contributed by atoms with Crippen LogP contribution < -0.4 is 0 Å². The van der Waals surface area contributed by atoms with Crippen LogP contribution in [0.2, 0.25) is 0 Å². The third-order valence-electron chi connectivity index (χ3n) is 2.32. The van der Waals surface area contributed by atoms with Gasteiger partial charge in [-0.3, -0.25) is 4.98 Å². The zero-order valence-corrected chi connectivity index (χ0v) is 9.27. The molecule has 1 aliphatic carbocycles. The Morgan fingerprint density at radius 2 is 1.93 bits per heavy atom. The Labute approximate surface area is 90.8 Å². The fourth-order valence-electron chi connectivity index (χ4n) is 1.66. The summed E-state index contributed by atoms with van der Waals surface area (Å²) in [5, 5.41) is 0. The largest absolute Gasteiger partial charge is 0.253 e. The van der Waals surface area contributed by atoms with Gasteiger partial charge in [-0.05, 0) is 30.9 Å². The predicted molar refractivity (Wildman–Crippen MR) is 63.3 cm³/mol. The van der Waals surface area contributed by atoms with Gasteiger partial charge in [0.1, 0.15) is 0 Å². The van der Waals surface area contributed by atoms with Gasteiger partial charge in [0.2, 0.25) is 0 Å². The van der Waals surface area contributed by atoms with E-state index in [2.05, 4.69) is 42.0 Å². The predicted octanol–water partition coefficient (Wildman–Crippen LogP) is 3.11. The minimum Gasteiger partial charge on any atom is -0.253 e. The first kappa shape index (κ1) is 10.1. The second-order valence-corrected chi connectivity index (χ2v) is 4.27. The van der Waals surface area contributed by atoms with Crippen LogP contribution >= 0.6 is 0 Å². The van der Waals surface area contributed by atoms with Crippen LogP contribution in [-0.2, 0) is 6.42 Å². The Morgan fingerprint density at radius 3 is 2.67 bits per heavy atom. The number of rotatable bonds is 2. The Balaban J connectivity index is 2.32. The van der Waals surface area contributed by atoms with E-state index in [-0.39, 0.29) is 0 Å². The van der Waals surface area contributed by atoms with E-state index < -0.39 is 0 Å². The van der Waals surface area contributed by atoms with Crippen LogP contribution in [0.5, 0.6) is 0 Å².